The number of methoxy groups -OCH3 is 1. The predicted octanol–water partition coefficient (Wildman–Crippen LogP) is 5.19. The summed E-state index contributed by atoms with van der Waals surface area (Å²) in [6, 6.07) is 11.4. The Labute approximate surface area is 147 Å². The predicted molar refractivity (Wildman–Crippen MR) is 96.5 cm³/mol. The van der Waals surface area contributed by atoms with Crippen LogP contribution in [0.4, 0.5) is 0 Å². The van der Waals surface area contributed by atoms with Crippen molar-refractivity contribution in [3.63, 3.8) is 0 Å². The Hall–Kier alpha value is -1.72. The molecule has 1 heterocycles. The molecule has 3 nitrogen and oxygen atoms in total. The lowest BCUT2D eigenvalue weighted by molar-refractivity contribution is 0.104. The minimum atomic E-state index is 0.0605. The van der Waals surface area contributed by atoms with E-state index in [1.54, 1.807) is 7.11 Å². The second kappa shape index (κ2) is 6.81. The number of Topliss-reactive ketones (excluding diaryl/α,β-unsaturated/α-hetero) is 1. The Kier molecular flexibility index (Phi) is 4.78. The first kappa shape index (κ1) is 16.1. The van der Waals surface area contributed by atoms with E-state index in [1.807, 2.05) is 49.4 Å². The topological polar surface area (TPSA) is 35.5 Å². The van der Waals surface area contributed by atoms with Crippen molar-refractivity contribution < 1.29 is 14.3 Å². The first-order chi connectivity index (χ1) is 11.1. The highest BCUT2D eigenvalue weighted by Crippen LogP contribution is 2.42. The normalized spacial score (nSPS) is 14.9. The molecule has 0 aliphatic carbocycles. The average molecular weight is 391 g/mol. The van der Waals surface area contributed by atoms with Gasteiger partial charge in [0.2, 0.25) is 5.78 Å². The van der Waals surface area contributed by atoms with E-state index in [1.165, 1.54) is 11.8 Å². The van der Waals surface area contributed by atoms with E-state index in [0.717, 1.165) is 20.5 Å². The van der Waals surface area contributed by atoms with Gasteiger partial charge in [0.15, 0.2) is 11.5 Å². The van der Waals surface area contributed by atoms with Crippen LogP contribution in [0.1, 0.15) is 22.8 Å². The number of ketones is 1. The molecular weight excluding hydrogens is 376 g/mol. The summed E-state index contributed by atoms with van der Waals surface area (Å²) >= 11 is 5.04. The zero-order chi connectivity index (χ0) is 16.4. The van der Waals surface area contributed by atoms with Crippen LogP contribution in [-0.2, 0) is 0 Å². The number of fused-ring (bicyclic) bond motifs is 1. The lowest BCUT2D eigenvalue weighted by Gasteiger charge is -2.11. The molecule has 0 aromatic heterocycles. The number of rotatable bonds is 4. The number of allylic oxidation sites excluding steroid dienone is 1. The number of carbonyl (C=O) groups is 1. The molecule has 2 aromatic rings. The van der Waals surface area contributed by atoms with Crippen molar-refractivity contribution in [2.24, 2.45) is 0 Å². The maximum absolute atomic E-state index is 12.5. The van der Waals surface area contributed by atoms with Crippen LogP contribution in [0, 0.1) is 0 Å². The molecular formula is C18H15BrO3S. The first-order valence-electron chi connectivity index (χ1n) is 7.17. The Morgan fingerprint density at radius 1 is 1.22 bits per heavy atom. The fourth-order valence-electron chi connectivity index (χ4n) is 2.37. The van der Waals surface area contributed by atoms with Gasteiger partial charge >= 0.3 is 0 Å². The van der Waals surface area contributed by atoms with Gasteiger partial charge in [-0.05, 0) is 42.8 Å². The number of benzene rings is 2. The summed E-state index contributed by atoms with van der Waals surface area (Å²) < 4.78 is 11.8. The number of hydrogen-bond donors (Lipinski definition) is 0. The van der Waals surface area contributed by atoms with Crippen LogP contribution >= 0.6 is 27.7 Å². The molecule has 0 fully saturated rings. The van der Waals surface area contributed by atoms with Crippen LogP contribution in [0.2, 0.25) is 0 Å². The zero-order valence-electron chi connectivity index (χ0n) is 12.8. The lowest BCUT2D eigenvalue weighted by Crippen LogP contribution is -1.97. The van der Waals surface area contributed by atoms with E-state index in [2.05, 4.69) is 15.9 Å². The average Bonchev–Trinajstić information content (AvgIpc) is 2.87. The van der Waals surface area contributed by atoms with Crippen LogP contribution < -0.4 is 9.47 Å². The Morgan fingerprint density at radius 3 is 2.70 bits per heavy atom. The molecule has 118 valence electrons. The molecule has 5 heteroatoms. The van der Waals surface area contributed by atoms with Crippen molar-refractivity contribution in [3.8, 4) is 11.5 Å². The summed E-state index contributed by atoms with van der Waals surface area (Å²) in [5.74, 6) is 1.39. The van der Waals surface area contributed by atoms with Crippen molar-refractivity contribution in [1.82, 2.24) is 0 Å². The van der Waals surface area contributed by atoms with Crippen LogP contribution in [0.15, 0.2) is 50.7 Å². The molecule has 23 heavy (non-hydrogen) atoms. The third kappa shape index (κ3) is 3.16. The molecule has 0 N–H and O–H groups in total. The highest BCUT2D eigenvalue weighted by molar-refractivity contribution is 9.10. The van der Waals surface area contributed by atoms with E-state index >= 15 is 0 Å². The molecule has 0 atom stereocenters. The Morgan fingerprint density at radius 2 is 2.00 bits per heavy atom. The largest absolute Gasteiger partial charge is 0.493 e. The molecule has 3 rings (SSSR count). The van der Waals surface area contributed by atoms with Crippen molar-refractivity contribution in [1.29, 1.82) is 0 Å². The molecule has 0 spiro atoms. The van der Waals surface area contributed by atoms with Gasteiger partial charge in [-0.3, -0.25) is 4.79 Å². The maximum Gasteiger partial charge on any atom is 0.200 e. The summed E-state index contributed by atoms with van der Waals surface area (Å²) in [7, 11) is 1.61. The van der Waals surface area contributed by atoms with Gasteiger partial charge in [0, 0.05) is 14.9 Å². The zero-order valence-corrected chi connectivity index (χ0v) is 15.2. The first-order valence-corrected chi connectivity index (χ1v) is 8.78. The van der Waals surface area contributed by atoms with Gasteiger partial charge in [-0.15, -0.1) is 0 Å². The van der Waals surface area contributed by atoms with Crippen LogP contribution in [0.5, 0.6) is 11.5 Å². The van der Waals surface area contributed by atoms with Crippen molar-refractivity contribution in [2.45, 2.75) is 11.8 Å². The molecule has 1 aliphatic rings. The second-order valence-corrected chi connectivity index (χ2v) is 6.83. The standard InChI is InChI=1S/C18H15BrO3S/c1-3-22-15-10-13(19)11(8-14(15)21-2)9-17-18(20)12-6-4-5-7-16(12)23-17/h4-10H,3H2,1-2H3/b17-9+. The van der Waals surface area contributed by atoms with Crippen molar-refractivity contribution in [2.75, 3.05) is 13.7 Å². The Bertz CT molecular complexity index is 799. The fraction of sp³-hybridized carbons (Fsp3) is 0.167. The lowest BCUT2D eigenvalue weighted by atomic mass is 10.1. The van der Waals surface area contributed by atoms with Crippen LogP contribution in [0.3, 0.4) is 0 Å². The molecule has 1 aliphatic heterocycles. The number of hydrogen-bond acceptors (Lipinski definition) is 4. The molecule has 0 radical (unpaired) electrons. The molecule has 0 saturated carbocycles. The van der Waals surface area contributed by atoms with Gasteiger partial charge in [0.25, 0.3) is 0 Å². The second-order valence-electron chi connectivity index (χ2n) is 4.89. The van der Waals surface area contributed by atoms with Gasteiger partial charge in [0.1, 0.15) is 0 Å². The van der Waals surface area contributed by atoms with Gasteiger partial charge in [-0.25, -0.2) is 0 Å². The highest BCUT2D eigenvalue weighted by Gasteiger charge is 2.25. The fourth-order valence-corrected chi connectivity index (χ4v) is 3.85. The van der Waals surface area contributed by atoms with E-state index < -0.39 is 0 Å². The van der Waals surface area contributed by atoms with Crippen molar-refractivity contribution >= 4 is 39.6 Å². The highest BCUT2D eigenvalue weighted by atomic mass is 79.9. The van der Waals surface area contributed by atoms with E-state index in [-0.39, 0.29) is 5.78 Å². The maximum atomic E-state index is 12.5. The van der Waals surface area contributed by atoms with Gasteiger partial charge in [0.05, 0.1) is 18.6 Å². The van der Waals surface area contributed by atoms with E-state index in [0.29, 0.717) is 23.0 Å². The number of thioether (sulfide) groups is 1. The van der Waals surface area contributed by atoms with E-state index in [9.17, 15) is 4.79 Å². The summed E-state index contributed by atoms with van der Waals surface area (Å²) in [5.41, 5.74) is 1.65. The quantitative estimate of drug-likeness (QED) is 0.673. The third-order valence-corrected chi connectivity index (χ3v) is 5.23. The summed E-state index contributed by atoms with van der Waals surface area (Å²) in [6.07, 6.45) is 1.88. The smallest absolute Gasteiger partial charge is 0.200 e. The Balaban J connectivity index is 1.99. The van der Waals surface area contributed by atoms with Crippen LogP contribution in [-0.4, -0.2) is 19.5 Å². The van der Waals surface area contributed by atoms with E-state index in [4.69, 9.17) is 9.47 Å². The summed E-state index contributed by atoms with van der Waals surface area (Å²) in [6.45, 7) is 2.49. The molecule has 0 amide bonds. The summed E-state index contributed by atoms with van der Waals surface area (Å²) in [5, 5.41) is 0. The minimum Gasteiger partial charge on any atom is -0.493 e. The molecule has 2 aromatic carbocycles. The minimum absolute atomic E-state index is 0.0605. The van der Waals surface area contributed by atoms with Gasteiger partial charge in [-0.2, -0.15) is 0 Å². The van der Waals surface area contributed by atoms with Crippen LogP contribution in [0.25, 0.3) is 6.08 Å². The van der Waals surface area contributed by atoms with Crippen molar-refractivity contribution in [3.05, 3.63) is 56.9 Å². The van der Waals surface area contributed by atoms with Gasteiger partial charge < -0.3 is 9.47 Å². The SMILES string of the molecule is CCOc1cc(Br)c(/C=C2/Sc3ccccc3C2=O)cc1OC. The molecule has 0 unspecified atom stereocenters. The number of ether oxygens (including phenoxy) is 2. The molecule has 0 bridgehead atoms. The number of carbonyl (C=O) groups excluding carboxylic acids is 1. The monoisotopic (exact) mass is 390 g/mol. The number of halogens is 1. The van der Waals surface area contributed by atoms with Gasteiger partial charge in [-0.1, -0.05) is 39.8 Å². The molecule has 0 saturated heterocycles. The summed E-state index contributed by atoms with van der Waals surface area (Å²) in [4.78, 5) is 14.2. The third-order valence-electron chi connectivity index (χ3n) is 3.44.